The van der Waals surface area contributed by atoms with Crippen molar-refractivity contribution >= 4 is 6.29 Å². The third kappa shape index (κ3) is 1.51. The number of aromatic nitrogens is 1. The first-order valence-corrected chi connectivity index (χ1v) is 4.05. The lowest BCUT2D eigenvalue weighted by atomic mass is 10.3. The van der Waals surface area contributed by atoms with Crippen molar-refractivity contribution in [2.75, 3.05) is 0 Å². The molecule has 0 spiro atoms. The Balaban J connectivity index is 2.41. The molecule has 14 heavy (non-hydrogen) atoms. The molecule has 0 radical (unpaired) electrons. The molecule has 1 heterocycles. The van der Waals surface area contributed by atoms with Crippen LogP contribution in [0.4, 0.5) is 13.2 Å². The Morgan fingerprint density at radius 3 is 2.43 bits per heavy atom. The first-order chi connectivity index (χ1) is 6.52. The number of hydrogen-bond donors (Lipinski definition) is 0. The standard InChI is InChI=1S/C8H6F3NO2/c9-8(10,11)6-5(3-13)14-7(12-6)4-1-2-4/h3-4H,1-2H2. The number of oxazole rings is 1. The van der Waals surface area contributed by atoms with Crippen LogP contribution in [0.3, 0.4) is 0 Å². The van der Waals surface area contributed by atoms with Gasteiger partial charge >= 0.3 is 6.18 Å². The van der Waals surface area contributed by atoms with Crippen LogP contribution in [-0.2, 0) is 6.18 Å². The second-order valence-corrected chi connectivity index (χ2v) is 3.15. The van der Waals surface area contributed by atoms with Crippen molar-refractivity contribution in [3.05, 3.63) is 17.3 Å². The van der Waals surface area contributed by atoms with E-state index in [9.17, 15) is 18.0 Å². The quantitative estimate of drug-likeness (QED) is 0.696. The number of aldehydes is 1. The summed E-state index contributed by atoms with van der Waals surface area (Å²) in [6, 6.07) is 0. The molecule has 1 aromatic rings. The topological polar surface area (TPSA) is 43.1 Å². The SMILES string of the molecule is O=Cc1oc(C2CC2)nc1C(F)(F)F. The summed E-state index contributed by atoms with van der Waals surface area (Å²) >= 11 is 0. The number of carbonyl (C=O) groups is 1. The molecular weight excluding hydrogens is 199 g/mol. The minimum absolute atomic E-state index is 0.0272. The smallest absolute Gasteiger partial charge is 0.437 e. The Kier molecular flexibility index (Phi) is 1.87. The first kappa shape index (κ1) is 9.23. The molecule has 1 aliphatic rings. The molecule has 3 nitrogen and oxygen atoms in total. The van der Waals surface area contributed by atoms with Gasteiger partial charge in [-0.15, -0.1) is 0 Å². The van der Waals surface area contributed by atoms with Crippen molar-refractivity contribution in [3.63, 3.8) is 0 Å². The Labute approximate surface area is 76.9 Å². The van der Waals surface area contributed by atoms with E-state index in [-0.39, 0.29) is 18.1 Å². The molecular formula is C8H6F3NO2. The van der Waals surface area contributed by atoms with Gasteiger partial charge in [-0.3, -0.25) is 4.79 Å². The number of hydrogen-bond acceptors (Lipinski definition) is 3. The average molecular weight is 205 g/mol. The molecule has 1 saturated carbocycles. The van der Waals surface area contributed by atoms with Crippen LogP contribution in [0.1, 0.15) is 40.9 Å². The molecule has 0 N–H and O–H groups in total. The highest BCUT2D eigenvalue weighted by molar-refractivity contribution is 5.72. The third-order valence-electron chi connectivity index (χ3n) is 1.97. The third-order valence-corrected chi connectivity index (χ3v) is 1.97. The summed E-state index contributed by atoms with van der Waals surface area (Å²) in [5, 5.41) is 0. The van der Waals surface area contributed by atoms with Crippen molar-refractivity contribution in [2.24, 2.45) is 0 Å². The van der Waals surface area contributed by atoms with Crippen LogP contribution in [0.5, 0.6) is 0 Å². The minimum Gasteiger partial charge on any atom is -0.437 e. The lowest BCUT2D eigenvalue weighted by Gasteiger charge is -1.99. The highest BCUT2D eigenvalue weighted by Crippen LogP contribution is 2.42. The number of carbonyl (C=O) groups excluding carboxylic acids is 1. The summed E-state index contributed by atoms with van der Waals surface area (Å²) in [5.41, 5.74) is -1.21. The average Bonchev–Trinajstić information content (AvgIpc) is 2.83. The van der Waals surface area contributed by atoms with E-state index in [0.29, 0.717) is 0 Å². The van der Waals surface area contributed by atoms with Gasteiger partial charge in [0.1, 0.15) is 0 Å². The first-order valence-electron chi connectivity index (χ1n) is 4.05. The van der Waals surface area contributed by atoms with E-state index in [2.05, 4.69) is 4.98 Å². The van der Waals surface area contributed by atoms with E-state index in [0.717, 1.165) is 12.8 Å². The highest BCUT2D eigenvalue weighted by Gasteiger charge is 2.41. The molecule has 0 bridgehead atoms. The molecule has 1 aliphatic carbocycles. The second kappa shape index (κ2) is 2.83. The van der Waals surface area contributed by atoms with Gasteiger partial charge in [0, 0.05) is 5.92 Å². The molecule has 1 aromatic heterocycles. The van der Waals surface area contributed by atoms with Gasteiger partial charge < -0.3 is 4.42 Å². The normalized spacial score (nSPS) is 17.1. The molecule has 76 valence electrons. The zero-order valence-corrected chi connectivity index (χ0v) is 6.97. The summed E-state index contributed by atoms with van der Waals surface area (Å²) in [4.78, 5) is 13.6. The van der Waals surface area contributed by atoms with Crippen molar-refractivity contribution in [1.82, 2.24) is 4.98 Å². The monoisotopic (exact) mass is 205 g/mol. The van der Waals surface area contributed by atoms with Gasteiger partial charge in [0.2, 0.25) is 0 Å². The lowest BCUT2D eigenvalue weighted by Crippen LogP contribution is -2.08. The van der Waals surface area contributed by atoms with E-state index in [1.165, 1.54) is 0 Å². The molecule has 0 unspecified atom stereocenters. The Morgan fingerprint density at radius 2 is 2.07 bits per heavy atom. The number of rotatable bonds is 2. The summed E-state index contributed by atoms with van der Waals surface area (Å²) < 4.78 is 41.5. The van der Waals surface area contributed by atoms with Gasteiger partial charge in [-0.25, -0.2) is 4.98 Å². The predicted octanol–water partition coefficient (Wildman–Crippen LogP) is 2.38. The number of alkyl halides is 3. The number of halogens is 3. The zero-order valence-electron chi connectivity index (χ0n) is 6.97. The van der Waals surface area contributed by atoms with E-state index in [1.54, 1.807) is 0 Å². The highest BCUT2D eigenvalue weighted by atomic mass is 19.4. The molecule has 1 fully saturated rings. The molecule has 6 heteroatoms. The minimum atomic E-state index is -4.62. The van der Waals surface area contributed by atoms with E-state index in [4.69, 9.17) is 4.42 Å². The van der Waals surface area contributed by atoms with E-state index < -0.39 is 17.6 Å². The van der Waals surface area contributed by atoms with E-state index in [1.807, 2.05) is 0 Å². The molecule has 2 rings (SSSR count). The van der Waals surface area contributed by atoms with Gasteiger partial charge in [-0.05, 0) is 12.8 Å². The van der Waals surface area contributed by atoms with Crippen molar-refractivity contribution in [1.29, 1.82) is 0 Å². The van der Waals surface area contributed by atoms with Gasteiger partial charge in [0.25, 0.3) is 0 Å². The molecule has 0 atom stereocenters. The maximum Gasteiger partial charge on any atom is 0.437 e. The molecule has 0 saturated heterocycles. The molecule has 0 amide bonds. The van der Waals surface area contributed by atoms with Crippen LogP contribution >= 0.6 is 0 Å². The molecule has 0 aliphatic heterocycles. The van der Waals surface area contributed by atoms with Crippen LogP contribution in [0, 0.1) is 0 Å². The van der Waals surface area contributed by atoms with Gasteiger partial charge in [-0.2, -0.15) is 13.2 Å². The summed E-state index contributed by atoms with van der Waals surface area (Å²) in [6.07, 6.45) is -3.03. The van der Waals surface area contributed by atoms with E-state index >= 15 is 0 Å². The van der Waals surface area contributed by atoms with Gasteiger partial charge in [-0.1, -0.05) is 0 Å². The fraction of sp³-hybridized carbons (Fsp3) is 0.500. The number of nitrogens with zero attached hydrogens (tertiary/aromatic N) is 1. The van der Waals surface area contributed by atoms with Crippen LogP contribution in [-0.4, -0.2) is 11.3 Å². The molecule has 0 aromatic carbocycles. The van der Waals surface area contributed by atoms with Crippen LogP contribution in [0.2, 0.25) is 0 Å². The van der Waals surface area contributed by atoms with Crippen LogP contribution < -0.4 is 0 Å². The van der Waals surface area contributed by atoms with Crippen molar-refractivity contribution in [3.8, 4) is 0 Å². The largest absolute Gasteiger partial charge is 0.437 e. The van der Waals surface area contributed by atoms with Crippen LogP contribution in [0.25, 0.3) is 0 Å². The van der Waals surface area contributed by atoms with Crippen molar-refractivity contribution in [2.45, 2.75) is 24.9 Å². The fourth-order valence-electron chi connectivity index (χ4n) is 1.14. The Hall–Kier alpha value is -1.33. The zero-order chi connectivity index (χ0) is 10.3. The van der Waals surface area contributed by atoms with Gasteiger partial charge in [0.15, 0.2) is 23.6 Å². The lowest BCUT2D eigenvalue weighted by molar-refractivity contribution is -0.141. The summed E-state index contributed by atoms with van der Waals surface area (Å²) in [5.74, 6) is -0.733. The Bertz CT molecular complexity index is 365. The maximum absolute atomic E-state index is 12.3. The fourth-order valence-corrected chi connectivity index (χ4v) is 1.14. The van der Waals surface area contributed by atoms with Crippen molar-refractivity contribution < 1.29 is 22.4 Å². The van der Waals surface area contributed by atoms with Gasteiger partial charge in [0.05, 0.1) is 0 Å². The summed E-state index contributed by atoms with van der Waals surface area (Å²) in [6.45, 7) is 0. The van der Waals surface area contributed by atoms with Crippen LogP contribution in [0.15, 0.2) is 4.42 Å². The maximum atomic E-state index is 12.3. The Morgan fingerprint density at radius 1 is 1.43 bits per heavy atom. The predicted molar refractivity (Wildman–Crippen MR) is 38.9 cm³/mol. The second-order valence-electron chi connectivity index (χ2n) is 3.15. The summed E-state index contributed by atoms with van der Waals surface area (Å²) in [7, 11) is 0.